The van der Waals surface area contributed by atoms with Gasteiger partial charge in [-0.25, -0.2) is 0 Å². The van der Waals surface area contributed by atoms with Crippen molar-refractivity contribution >= 4 is 17.7 Å². The standard InChI is InChI=1S/C22H31N3O3/c1-16(2)23-20(26)22(28)25-14-12-24(13-15-25)21(27)19-10-8-18(9-11-19)17-6-4-3-5-7-17/h8-11,16-17H,3-7,12-15H2,1-2H3,(H,23,26). The molecular weight excluding hydrogens is 354 g/mol. The molecule has 0 bridgehead atoms. The molecule has 28 heavy (non-hydrogen) atoms. The highest BCUT2D eigenvalue weighted by Crippen LogP contribution is 2.32. The monoisotopic (exact) mass is 385 g/mol. The van der Waals surface area contributed by atoms with Crippen molar-refractivity contribution < 1.29 is 14.4 Å². The normalized spacial score (nSPS) is 18.2. The van der Waals surface area contributed by atoms with Crippen LogP contribution in [0.25, 0.3) is 0 Å². The minimum Gasteiger partial charge on any atom is -0.346 e. The highest BCUT2D eigenvalue weighted by Gasteiger charge is 2.28. The maximum Gasteiger partial charge on any atom is 0.312 e. The molecule has 1 heterocycles. The molecule has 0 spiro atoms. The van der Waals surface area contributed by atoms with Crippen molar-refractivity contribution in [3.8, 4) is 0 Å². The fourth-order valence-electron chi connectivity index (χ4n) is 4.10. The van der Waals surface area contributed by atoms with Crippen LogP contribution in [0.3, 0.4) is 0 Å². The Hall–Kier alpha value is -2.37. The summed E-state index contributed by atoms with van der Waals surface area (Å²) in [6.45, 7) is 5.31. The molecule has 1 aliphatic carbocycles. The number of hydrogen-bond acceptors (Lipinski definition) is 3. The Bertz CT molecular complexity index is 700. The van der Waals surface area contributed by atoms with Gasteiger partial charge in [0.05, 0.1) is 0 Å². The van der Waals surface area contributed by atoms with Gasteiger partial charge in [0, 0.05) is 37.8 Å². The number of rotatable bonds is 3. The summed E-state index contributed by atoms with van der Waals surface area (Å²) in [7, 11) is 0. The second-order valence-corrected chi connectivity index (χ2v) is 8.17. The number of carbonyl (C=O) groups excluding carboxylic acids is 3. The Morgan fingerprint density at radius 2 is 1.46 bits per heavy atom. The minimum absolute atomic E-state index is 0.00562. The predicted molar refractivity (Wildman–Crippen MR) is 108 cm³/mol. The molecule has 0 radical (unpaired) electrons. The lowest BCUT2D eigenvalue weighted by Gasteiger charge is -2.34. The van der Waals surface area contributed by atoms with E-state index in [0.717, 1.165) is 0 Å². The first kappa shape index (κ1) is 20.4. The Balaban J connectivity index is 1.53. The van der Waals surface area contributed by atoms with Crippen molar-refractivity contribution in [1.82, 2.24) is 15.1 Å². The van der Waals surface area contributed by atoms with Crippen LogP contribution in [0.5, 0.6) is 0 Å². The Morgan fingerprint density at radius 3 is 2.04 bits per heavy atom. The maximum atomic E-state index is 12.8. The molecule has 3 rings (SSSR count). The maximum absolute atomic E-state index is 12.8. The van der Waals surface area contributed by atoms with Crippen molar-refractivity contribution in [1.29, 1.82) is 0 Å². The van der Waals surface area contributed by atoms with Gasteiger partial charge in [0.15, 0.2) is 0 Å². The number of benzene rings is 1. The lowest BCUT2D eigenvalue weighted by Crippen LogP contribution is -2.54. The van der Waals surface area contributed by atoms with E-state index >= 15 is 0 Å². The second-order valence-electron chi connectivity index (χ2n) is 8.17. The molecule has 1 aromatic carbocycles. The molecule has 1 aliphatic heterocycles. The molecular formula is C22H31N3O3. The first-order chi connectivity index (χ1) is 13.5. The molecule has 1 saturated carbocycles. The molecule has 0 atom stereocenters. The van der Waals surface area contributed by atoms with Gasteiger partial charge in [-0.1, -0.05) is 31.4 Å². The predicted octanol–water partition coefficient (Wildman–Crippen LogP) is 2.54. The van der Waals surface area contributed by atoms with Crippen LogP contribution >= 0.6 is 0 Å². The highest BCUT2D eigenvalue weighted by molar-refractivity contribution is 6.35. The van der Waals surface area contributed by atoms with E-state index in [1.54, 1.807) is 4.90 Å². The van der Waals surface area contributed by atoms with E-state index in [2.05, 4.69) is 17.4 Å². The third-order valence-electron chi connectivity index (χ3n) is 5.70. The van der Waals surface area contributed by atoms with E-state index in [9.17, 15) is 14.4 Å². The van der Waals surface area contributed by atoms with Gasteiger partial charge in [-0.05, 0) is 50.3 Å². The van der Waals surface area contributed by atoms with Crippen LogP contribution in [0.15, 0.2) is 24.3 Å². The quantitative estimate of drug-likeness (QED) is 0.813. The number of hydrogen-bond donors (Lipinski definition) is 1. The molecule has 1 N–H and O–H groups in total. The summed E-state index contributed by atoms with van der Waals surface area (Å²) >= 11 is 0. The summed E-state index contributed by atoms with van der Waals surface area (Å²) in [5, 5.41) is 2.62. The summed E-state index contributed by atoms with van der Waals surface area (Å²) in [4.78, 5) is 40.1. The molecule has 1 saturated heterocycles. The van der Waals surface area contributed by atoms with Crippen LogP contribution in [0.1, 0.15) is 67.8 Å². The fourth-order valence-corrected chi connectivity index (χ4v) is 4.10. The summed E-state index contributed by atoms with van der Waals surface area (Å²) < 4.78 is 0. The Labute approximate surface area is 167 Å². The smallest absolute Gasteiger partial charge is 0.312 e. The second kappa shape index (κ2) is 9.22. The van der Waals surface area contributed by atoms with Crippen LogP contribution in [0.4, 0.5) is 0 Å². The van der Waals surface area contributed by atoms with E-state index in [0.29, 0.717) is 37.7 Å². The van der Waals surface area contributed by atoms with Gasteiger partial charge in [0.2, 0.25) is 0 Å². The molecule has 0 aromatic heterocycles. The summed E-state index contributed by atoms with van der Waals surface area (Å²) in [6, 6.07) is 7.98. The van der Waals surface area contributed by atoms with Crippen molar-refractivity contribution in [2.45, 2.75) is 57.9 Å². The Morgan fingerprint density at radius 1 is 0.893 bits per heavy atom. The van der Waals surface area contributed by atoms with Crippen LogP contribution < -0.4 is 5.32 Å². The fraction of sp³-hybridized carbons (Fsp3) is 0.591. The summed E-state index contributed by atoms with van der Waals surface area (Å²) in [6.07, 6.45) is 6.41. The number of nitrogens with zero attached hydrogens (tertiary/aromatic N) is 2. The largest absolute Gasteiger partial charge is 0.346 e. The van der Waals surface area contributed by atoms with Gasteiger partial charge in [0.25, 0.3) is 5.91 Å². The first-order valence-electron chi connectivity index (χ1n) is 10.4. The van der Waals surface area contributed by atoms with Crippen molar-refractivity contribution in [2.75, 3.05) is 26.2 Å². The average molecular weight is 386 g/mol. The molecule has 6 nitrogen and oxygen atoms in total. The zero-order valence-electron chi connectivity index (χ0n) is 16.9. The van der Waals surface area contributed by atoms with E-state index in [-0.39, 0.29) is 11.9 Å². The summed E-state index contributed by atoms with van der Waals surface area (Å²) in [5.74, 6) is -0.468. The van der Waals surface area contributed by atoms with Gasteiger partial charge < -0.3 is 15.1 Å². The third-order valence-corrected chi connectivity index (χ3v) is 5.70. The van der Waals surface area contributed by atoms with Crippen LogP contribution in [-0.2, 0) is 9.59 Å². The molecule has 2 aliphatic rings. The molecule has 2 fully saturated rings. The van der Waals surface area contributed by atoms with Gasteiger partial charge in [-0.3, -0.25) is 14.4 Å². The van der Waals surface area contributed by atoms with Crippen LogP contribution in [0.2, 0.25) is 0 Å². The van der Waals surface area contributed by atoms with E-state index in [1.807, 2.05) is 26.0 Å². The molecule has 1 aromatic rings. The van der Waals surface area contributed by atoms with Crippen LogP contribution in [0, 0.1) is 0 Å². The first-order valence-corrected chi connectivity index (χ1v) is 10.4. The van der Waals surface area contributed by atoms with Gasteiger partial charge in [-0.2, -0.15) is 0 Å². The summed E-state index contributed by atoms with van der Waals surface area (Å²) in [5.41, 5.74) is 2.03. The van der Waals surface area contributed by atoms with Crippen LogP contribution in [-0.4, -0.2) is 59.7 Å². The third kappa shape index (κ3) is 4.91. The molecule has 0 unspecified atom stereocenters. The molecule has 3 amide bonds. The minimum atomic E-state index is -0.576. The molecule has 6 heteroatoms. The number of nitrogens with one attached hydrogen (secondary N) is 1. The SMILES string of the molecule is CC(C)NC(=O)C(=O)N1CCN(C(=O)c2ccc(C3CCCCC3)cc2)CC1. The lowest BCUT2D eigenvalue weighted by atomic mass is 9.84. The topological polar surface area (TPSA) is 69.7 Å². The number of amides is 3. The zero-order chi connectivity index (χ0) is 20.1. The Kier molecular flexibility index (Phi) is 6.70. The van der Waals surface area contributed by atoms with Crippen molar-refractivity contribution in [3.05, 3.63) is 35.4 Å². The van der Waals surface area contributed by atoms with Gasteiger partial charge >= 0.3 is 11.8 Å². The number of carbonyl (C=O) groups is 3. The zero-order valence-corrected chi connectivity index (χ0v) is 16.9. The van der Waals surface area contributed by atoms with E-state index in [4.69, 9.17) is 0 Å². The van der Waals surface area contributed by atoms with Gasteiger partial charge in [0.1, 0.15) is 0 Å². The lowest BCUT2D eigenvalue weighted by molar-refractivity contribution is -0.147. The number of piperazine rings is 1. The average Bonchev–Trinajstić information content (AvgIpc) is 2.73. The van der Waals surface area contributed by atoms with Crippen molar-refractivity contribution in [2.24, 2.45) is 0 Å². The van der Waals surface area contributed by atoms with Crippen molar-refractivity contribution in [3.63, 3.8) is 0 Å². The highest BCUT2D eigenvalue weighted by atomic mass is 16.2. The van der Waals surface area contributed by atoms with Gasteiger partial charge in [-0.15, -0.1) is 0 Å². The van der Waals surface area contributed by atoms with E-state index < -0.39 is 11.8 Å². The molecule has 152 valence electrons. The van der Waals surface area contributed by atoms with E-state index in [1.165, 1.54) is 42.6 Å².